The zero-order valence-corrected chi connectivity index (χ0v) is 13.6. The fourth-order valence-electron chi connectivity index (χ4n) is 2.99. The Kier molecular flexibility index (Phi) is 4.71. The Bertz CT molecular complexity index is 649. The van der Waals surface area contributed by atoms with Gasteiger partial charge in [0.05, 0.1) is 18.8 Å². The first-order valence-electron chi connectivity index (χ1n) is 7.95. The van der Waals surface area contributed by atoms with E-state index in [-0.39, 0.29) is 12.0 Å². The van der Waals surface area contributed by atoms with Gasteiger partial charge >= 0.3 is 0 Å². The summed E-state index contributed by atoms with van der Waals surface area (Å²) in [6.45, 7) is 5.80. The van der Waals surface area contributed by atoms with Crippen LogP contribution in [0.15, 0.2) is 24.5 Å². The number of aromatic nitrogens is 3. The maximum Gasteiger partial charge on any atom is 0.223 e. The lowest BCUT2D eigenvalue weighted by molar-refractivity contribution is -0.139. The van der Waals surface area contributed by atoms with Crippen LogP contribution in [0.4, 0.5) is 0 Å². The molecule has 1 aliphatic rings. The van der Waals surface area contributed by atoms with Crippen molar-refractivity contribution in [3.05, 3.63) is 47.0 Å². The van der Waals surface area contributed by atoms with Crippen molar-refractivity contribution in [1.82, 2.24) is 20.1 Å². The highest BCUT2D eigenvalue weighted by molar-refractivity contribution is 5.76. The number of hydrogen-bond acceptors (Lipinski definition) is 4. The first-order chi connectivity index (χ1) is 11.1. The molecule has 2 aromatic rings. The van der Waals surface area contributed by atoms with Crippen molar-refractivity contribution in [1.29, 1.82) is 0 Å². The Labute approximate surface area is 135 Å². The van der Waals surface area contributed by atoms with Crippen LogP contribution in [0.5, 0.6) is 0 Å². The fourth-order valence-corrected chi connectivity index (χ4v) is 2.99. The molecule has 0 aliphatic carbocycles. The molecule has 0 bridgehead atoms. The molecule has 122 valence electrons. The van der Waals surface area contributed by atoms with E-state index in [1.807, 2.05) is 30.9 Å². The predicted molar refractivity (Wildman–Crippen MR) is 85.9 cm³/mol. The van der Waals surface area contributed by atoms with Crippen molar-refractivity contribution in [3.8, 4) is 0 Å². The zero-order chi connectivity index (χ0) is 16.2. The van der Waals surface area contributed by atoms with E-state index in [0.29, 0.717) is 26.1 Å². The lowest BCUT2D eigenvalue weighted by Gasteiger charge is -2.33. The fraction of sp³-hybridized carbons (Fsp3) is 0.471. The van der Waals surface area contributed by atoms with E-state index in [1.165, 1.54) is 0 Å². The molecule has 6 nitrogen and oxygen atoms in total. The number of aryl methyl sites for hydroxylation is 2. The number of amides is 1. The van der Waals surface area contributed by atoms with Crippen LogP contribution in [0.25, 0.3) is 0 Å². The normalized spacial score (nSPS) is 18.2. The molecule has 6 heteroatoms. The first kappa shape index (κ1) is 15.7. The van der Waals surface area contributed by atoms with Gasteiger partial charge in [-0.1, -0.05) is 0 Å². The molecule has 0 spiro atoms. The summed E-state index contributed by atoms with van der Waals surface area (Å²) in [6, 6.07) is 3.88. The number of nitrogens with zero attached hydrogens (tertiary/aromatic N) is 3. The standard InChI is InChI=1S/C17H22N4O2/c1-12-15(13(2)20-19-12)3-4-17(22)21-9-10-23-16(11-21)14-5-7-18-8-6-14/h5-8,16H,3-4,9-11H2,1-2H3,(H,19,20)/t16-/m0/s1. The Balaban J connectivity index is 1.59. The van der Waals surface area contributed by atoms with Crippen molar-refractivity contribution >= 4 is 5.91 Å². The summed E-state index contributed by atoms with van der Waals surface area (Å²) in [5, 5.41) is 7.15. The number of ether oxygens (including phenoxy) is 1. The zero-order valence-electron chi connectivity index (χ0n) is 13.6. The molecule has 0 saturated carbocycles. The number of pyridine rings is 1. The van der Waals surface area contributed by atoms with Gasteiger partial charge in [-0.15, -0.1) is 0 Å². The van der Waals surface area contributed by atoms with Crippen molar-refractivity contribution < 1.29 is 9.53 Å². The SMILES string of the molecule is Cc1n[nH]c(C)c1CCC(=O)N1CCO[C@H](c2ccncc2)C1. The molecule has 1 fully saturated rings. The number of carbonyl (C=O) groups excluding carboxylic acids is 1. The van der Waals surface area contributed by atoms with Crippen LogP contribution in [0.1, 0.15) is 35.0 Å². The summed E-state index contributed by atoms with van der Waals surface area (Å²) in [5.74, 6) is 0.173. The van der Waals surface area contributed by atoms with Crippen molar-refractivity contribution in [2.45, 2.75) is 32.8 Å². The van der Waals surface area contributed by atoms with Crippen LogP contribution in [-0.2, 0) is 16.0 Å². The maximum absolute atomic E-state index is 12.5. The van der Waals surface area contributed by atoms with E-state index in [1.54, 1.807) is 12.4 Å². The molecule has 1 amide bonds. The highest BCUT2D eigenvalue weighted by Gasteiger charge is 2.25. The van der Waals surface area contributed by atoms with Gasteiger partial charge in [-0.25, -0.2) is 0 Å². The molecule has 1 N–H and O–H groups in total. The van der Waals surface area contributed by atoms with Gasteiger partial charge in [-0.2, -0.15) is 5.10 Å². The summed E-state index contributed by atoms with van der Waals surface area (Å²) >= 11 is 0. The molecular weight excluding hydrogens is 292 g/mol. The van der Waals surface area contributed by atoms with Gasteiger partial charge in [-0.05, 0) is 43.5 Å². The number of nitrogens with one attached hydrogen (secondary N) is 1. The molecule has 3 rings (SSSR count). The molecule has 1 saturated heterocycles. The van der Waals surface area contributed by atoms with Crippen LogP contribution in [0, 0.1) is 13.8 Å². The molecule has 2 aromatic heterocycles. The molecule has 0 radical (unpaired) electrons. The first-order valence-corrected chi connectivity index (χ1v) is 7.95. The average Bonchev–Trinajstić information content (AvgIpc) is 2.92. The average molecular weight is 314 g/mol. The van der Waals surface area contributed by atoms with Crippen LogP contribution >= 0.6 is 0 Å². The third-order valence-corrected chi connectivity index (χ3v) is 4.37. The second-order valence-electron chi connectivity index (χ2n) is 5.89. The van der Waals surface area contributed by atoms with E-state index in [9.17, 15) is 4.79 Å². The lowest BCUT2D eigenvalue weighted by Crippen LogP contribution is -2.42. The van der Waals surface area contributed by atoms with Gasteiger partial charge in [0.15, 0.2) is 0 Å². The second kappa shape index (κ2) is 6.91. The molecule has 0 aromatic carbocycles. The molecule has 23 heavy (non-hydrogen) atoms. The number of hydrogen-bond donors (Lipinski definition) is 1. The number of aromatic amines is 1. The Morgan fingerprint density at radius 2 is 2.17 bits per heavy atom. The van der Waals surface area contributed by atoms with Crippen LogP contribution in [0.3, 0.4) is 0 Å². The van der Waals surface area contributed by atoms with Crippen molar-refractivity contribution in [3.63, 3.8) is 0 Å². The molecule has 1 atom stereocenters. The van der Waals surface area contributed by atoms with E-state index in [0.717, 1.165) is 28.9 Å². The lowest BCUT2D eigenvalue weighted by atomic mass is 10.1. The largest absolute Gasteiger partial charge is 0.370 e. The quantitative estimate of drug-likeness (QED) is 0.936. The Hall–Kier alpha value is -2.21. The van der Waals surface area contributed by atoms with Crippen LogP contribution in [0.2, 0.25) is 0 Å². The van der Waals surface area contributed by atoms with Crippen molar-refractivity contribution in [2.75, 3.05) is 19.7 Å². The number of rotatable bonds is 4. The van der Waals surface area contributed by atoms with E-state index in [2.05, 4.69) is 15.2 Å². The third kappa shape index (κ3) is 3.59. The minimum Gasteiger partial charge on any atom is -0.370 e. The minimum atomic E-state index is -0.0619. The summed E-state index contributed by atoms with van der Waals surface area (Å²) < 4.78 is 5.80. The molecule has 0 unspecified atom stereocenters. The summed E-state index contributed by atoms with van der Waals surface area (Å²) in [6.07, 6.45) is 4.68. The van der Waals surface area contributed by atoms with Crippen LogP contribution < -0.4 is 0 Å². The summed E-state index contributed by atoms with van der Waals surface area (Å²) in [4.78, 5) is 18.4. The van der Waals surface area contributed by atoms with Gasteiger partial charge in [0.25, 0.3) is 0 Å². The Morgan fingerprint density at radius 3 is 2.87 bits per heavy atom. The van der Waals surface area contributed by atoms with Gasteiger partial charge in [-0.3, -0.25) is 14.9 Å². The van der Waals surface area contributed by atoms with Gasteiger partial charge in [0.1, 0.15) is 6.10 Å². The van der Waals surface area contributed by atoms with Gasteiger partial charge in [0.2, 0.25) is 5.91 Å². The summed E-state index contributed by atoms with van der Waals surface area (Å²) in [5.41, 5.74) is 4.25. The number of carbonyl (C=O) groups is 1. The monoisotopic (exact) mass is 314 g/mol. The topological polar surface area (TPSA) is 71.1 Å². The number of morpholine rings is 1. The third-order valence-electron chi connectivity index (χ3n) is 4.37. The Morgan fingerprint density at radius 1 is 1.39 bits per heavy atom. The van der Waals surface area contributed by atoms with E-state index < -0.39 is 0 Å². The maximum atomic E-state index is 12.5. The highest BCUT2D eigenvalue weighted by Crippen LogP contribution is 2.22. The highest BCUT2D eigenvalue weighted by atomic mass is 16.5. The molecular formula is C17H22N4O2. The second-order valence-corrected chi connectivity index (χ2v) is 5.89. The van der Waals surface area contributed by atoms with E-state index >= 15 is 0 Å². The van der Waals surface area contributed by atoms with Crippen LogP contribution in [-0.4, -0.2) is 45.7 Å². The minimum absolute atomic E-state index is 0.0619. The molecule has 3 heterocycles. The smallest absolute Gasteiger partial charge is 0.223 e. The van der Waals surface area contributed by atoms with Crippen molar-refractivity contribution in [2.24, 2.45) is 0 Å². The molecule has 1 aliphatic heterocycles. The summed E-state index contributed by atoms with van der Waals surface area (Å²) in [7, 11) is 0. The van der Waals surface area contributed by atoms with Gasteiger partial charge < -0.3 is 9.64 Å². The number of H-pyrrole nitrogens is 1. The predicted octanol–water partition coefficient (Wildman–Crippen LogP) is 1.95. The van der Waals surface area contributed by atoms with E-state index in [4.69, 9.17) is 4.74 Å². The van der Waals surface area contributed by atoms with Gasteiger partial charge in [0, 0.05) is 31.1 Å².